The fourth-order valence-electron chi connectivity index (χ4n) is 2.53. The number of rotatable bonds is 0. The summed E-state index contributed by atoms with van der Waals surface area (Å²) in [5.41, 5.74) is 2.25. The highest BCUT2D eigenvalue weighted by molar-refractivity contribution is 5.82. The van der Waals surface area contributed by atoms with Crippen LogP contribution in [0, 0.1) is 12.3 Å². The maximum Gasteiger partial charge on any atom is 0.228 e. The van der Waals surface area contributed by atoms with Crippen LogP contribution in [0.4, 0.5) is 0 Å². The Kier molecular flexibility index (Phi) is 2.80. The van der Waals surface area contributed by atoms with E-state index in [4.69, 9.17) is 0 Å². The molecule has 3 heteroatoms. The lowest BCUT2D eigenvalue weighted by Crippen LogP contribution is -2.45. The van der Waals surface area contributed by atoms with E-state index >= 15 is 0 Å². The molecule has 1 unspecified atom stereocenters. The molecular formula is C14H22N2O. The monoisotopic (exact) mass is 234 g/mol. The number of hydrogen-bond acceptors (Lipinski definition) is 1. The first-order valence-electron chi connectivity index (χ1n) is 6.29. The van der Waals surface area contributed by atoms with Crippen LogP contribution in [-0.4, -0.2) is 21.9 Å². The number of fused-ring (bicyclic) bond motifs is 1. The van der Waals surface area contributed by atoms with Crippen molar-refractivity contribution in [2.75, 3.05) is 6.54 Å². The van der Waals surface area contributed by atoms with Gasteiger partial charge in [0.15, 0.2) is 0 Å². The van der Waals surface area contributed by atoms with Crippen LogP contribution in [0.3, 0.4) is 0 Å². The van der Waals surface area contributed by atoms with Crippen molar-refractivity contribution >= 4 is 5.91 Å². The highest BCUT2D eigenvalue weighted by Gasteiger charge is 2.34. The van der Waals surface area contributed by atoms with Gasteiger partial charge in [-0.15, -0.1) is 0 Å². The SMILES string of the molecule is Cc1ccc2n1CCN(C(=O)C(C)(C)C)C2C. The molecule has 0 radical (unpaired) electrons. The van der Waals surface area contributed by atoms with Crippen molar-refractivity contribution in [1.29, 1.82) is 0 Å². The average Bonchev–Trinajstić information content (AvgIpc) is 2.60. The van der Waals surface area contributed by atoms with Gasteiger partial charge in [0, 0.05) is 29.9 Å². The molecule has 0 N–H and O–H groups in total. The first-order chi connectivity index (χ1) is 7.82. The zero-order valence-electron chi connectivity index (χ0n) is 11.4. The molecule has 2 rings (SSSR count). The Morgan fingerprint density at radius 3 is 2.53 bits per heavy atom. The summed E-state index contributed by atoms with van der Waals surface area (Å²) in [5.74, 6) is 0.245. The van der Waals surface area contributed by atoms with Gasteiger partial charge in [-0.25, -0.2) is 0 Å². The van der Waals surface area contributed by atoms with Crippen LogP contribution in [0.2, 0.25) is 0 Å². The Labute approximate surface area is 103 Å². The molecule has 2 heterocycles. The maximum atomic E-state index is 12.4. The van der Waals surface area contributed by atoms with E-state index in [1.807, 2.05) is 25.7 Å². The molecule has 1 aromatic heterocycles. The van der Waals surface area contributed by atoms with E-state index in [0.717, 1.165) is 13.1 Å². The van der Waals surface area contributed by atoms with Crippen LogP contribution in [-0.2, 0) is 11.3 Å². The molecule has 1 atom stereocenters. The second-order valence-electron chi connectivity index (χ2n) is 5.98. The van der Waals surface area contributed by atoms with E-state index in [1.165, 1.54) is 11.4 Å². The molecule has 3 nitrogen and oxygen atoms in total. The molecular weight excluding hydrogens is 212 g/mol. The summed E-state index contributed by atoms with van der Waals surface area (Å²) in [5, 5.41) is 0. The van der Waals surface area contributed by atoms with Crippen molar-refractivity contribution in [3.05, 3.63) is 23.5 Å². The second-order valence-corrected chi connectivity index (χ2v) is 5.98. The lowest BCUT2D eigenvalue weighted by molar-refractivity contribution is -0.142. The lowest BCUT2D eigenvalue weighted by atomic mass is 9.93. The average molecular weight is 234 g/mol. The van der Waals surface area contributed by atoms with E-state index in [2.05, 4.69) is 30.5 Å². The number of aromatic nitrogens is 1. The highest BCUT2D eigenvalue weighted by Crippen LogP contribution is 2.30. The quantitative estimate of drug-likeness (QED) is 0.677. The predicted octanol–water partition coefficient (Wildman–Crippen LogP) is 2.75. The minimum Gasteiger partial charge on any atom is -0.345 e. The fourth-order valence-corrected chi connectivity index (χ4v) is 2.53. The number of carbonyl (C=O) groups is 1. The van der Waals surface area contributed by atoms with Gasteiger partial charge in [0.1, 0.15) is 0 Å². The van der Waals surface area contributed by atoms with Crippen molar-refractivity contribution < 1.29 is 4.79 Å². The molecule has 1 aliphatic heterocycles. The van der Waals surface area contributed by atoms with Crippen LogP contribution in [0.25, 0.3) is 0 Å². The van der Waals surface area contributed by atoms with E-state index < -0.39 is 0 Å². The van der Waals surface area contributed by atoms with Gasteiger partial charge in [-0.2, -0.15) is 0 Å². The molecule has 0 aromatic carbocycles. The number of amides is 1. The molecule has 0 bridgehead atoms. The second kappa shape index (κ2) is 3.90. The summed E-state index contributed by atoms with van der Waals surface area (Å²) >= 11 is 0. The standard InChI is InChI=1S/C14H22N2O/c1-10-6-7-12-11(2)16(9-8-15(10)12)13(17)14(3,4)5/h6-7,11H,8-9H2,1-5H3. The molecule has 0 spiro atoms. The number of carbonyl (C=O) groups excluding carboxylic acids is 1. The van der Waals surface area contributed by atoms with E-state index in [0.29, 0.717) is 0 Å². The van der Waals surface area contributed by atoms with Crippen molar-refractivity contribution in [2.24, 2.45) is 5.41 Å². The molecule has 0 aliphatic carbocycles. The summed E-state index contributed by atoms with van der Waals surface area (Å²) < 4.78 is 2.32. The molecule has 17 heavy (non-hydrogen) atoms. The van der Waals surface area contributed by atoms with Gasteiger partial charge in [-0.1, -0.05) is 20.8 Å². The van der Waals surface area contributed by atoms with Crippen molar-refractivity contribution in [1.82, 2.24) is 9.47 Å². The first kappa shape index (κ1) is 12.2. The van der Waals surface area contributed by atoms with Gasteiger partial charge in [0.2, 0.25) is 5.91 Å². The van der Waals surface area contributed by atoms with Gasteiger partial charge < -0.3 is 9.47 Å². The smallest absolute Gasteiger partial charge is 0.228 e. The number of aryl methyl sites for hydroxylation is 1. The van der Waals surface area contributed by atoms with Crippen molar-refractivity contribution in [3.63, 3.8) is 0 Å². The van der Waals surface area contributed by atoms with Crippen LogP contribution in [0.5, 0.6) is 0 Å². The van der Waals surface area contributed by atoms with Crippen LogP contribution in [0.15, 0.2) is 12.1 Å². The summed E-state index contributed by atoms with van der Waals surface area (Å²) in [6.45, 7) is 11.9. The third kappa shape index (κ3) is 1.99. The lowest BCUT2D eigenvalue weighted by Gasteiger charge is -2.38. The summed E-state index contributed by atoms with van der Waals surface area (Å²) in [4.78, 5) is 14.4. The molecule has 0 saturated heterocycles. The summed E-state index contributed by atoms with van der Waals surface area (Å²) in [7, 11) is 0. The Morgan fingerprint density at radius 2 is 1.94 bits per heavy atom. The van der Waals surface area contributed by atoms with Crippen molar-refractivity contribution in [3.8, 4) is 0 Å². The Bertz CT molecular complexity index is 440. The van der Waals surface area contributed by atoms with Gasteiger partial charge in [0.25, 0.3) is 0 Å². The van der Waals surface area contributed by atoms with Crippen LogP contribution >= 0.6 is 0 Å². The summed E-state index contributed by atoms with van der Waals surface area (Å²) in [6.07, 6.45) is 0. The van der Waals surface area contributed by atoms with E-state index in [1.54, 1.807) is 0 Å². The Balaban J connectivity index is 2.29. The first-order valence-corrected chi connectivity index (χ1v) is 6.29. The Hall–Kier alpha value is -1.25. The molecule has 0 fully saturated rings. The normalized spacial score (nSPS) is 20.3. The van der Waals surface area contributed by atoms with Gasteiger partial charge in [-0.3, -0.25) is 4.79 Å². The zero-order valence-corrected chi connectivity index (χ0v) is 11.4. The molecule has 0 saturated carbocycles. The van der Waals surface area contributed by atoms with Gasteiger partial charge in [-0.05, 0) is 26.0 Å². The van der Waals surface area contributed by atoms with Gasteiger partial charge >= 0.3 is 0 Å². The molecule has 1 aromatic rings. The maximum absolute atomic E-state index is 12.4. The van der Waals surface area contributed by atoms with E-state index in [-0.39, 0.29) is 17.4 Å². The molecule has 1 aliphatic rings. The minimum absolute atomic E-state index is 0.184. The largest absolute Gasteiger partial charge is 0.345 e. The van der Waals surface area contributed by atoms with Gasteiger partial charge in [0.05, 0.1) is 6.04 Å². The zero-order chi connectivity index (χ0) is 12.8. The third-order valence-electron chi connectivity index (χ3n) is 3.60. The summed E-state index contributed by atoms with van der Waals surface area (Å²) in [6, 6.07) is 4.46. The van der Waals surface area contributed by atoms with Crippen molar-refractivity contribution in [2.45, 2.75) is 47.2 Å². The minimum atomic E-state index is -0.294. The van der Waals surface area contributed by atoms with Crippen LogP contribution < -0.4 is 0 Å². The number of hydrogen-bond donors (Lipinski definition) is 0. The Morgan fingerprint density at radius 1 is 1.29 bits per heavy atom. The predicted molar refractivity (Wildman–Crippen MR) is 68.8 cm³/mol. The highest BCUT2D eigenvalue weighted by atomic mass is 16.2. The molecule has 94 valence electrons. The fraction of sp³-hybridized carbons (Fsp3) is 0.643. The third-order valence-corrected chi connectivity index (χ3v) is 3.60. The van der Waals surface area contributed by atoms with E-state index in [9.17, 15) is 4.79 Å². The topological polar surface area (TPSA) is 25.2 Å². The number of nitrogens with zero attached hydrogens (tertiary/aromatic N) is 2. The van der Waals surface area contributed by atoms with Crippen LogP contribution in [0.1, 0.15) is 45.1 Å². The molecule has 1 amide bonds.